The van der Waals surface area contributed by atoms with Gasteiger partial charge in [0.1, 0.15) is 11.5 Å². The molecule has 0 N–H and O–H groups in total. The van der Waals surface area contributed by atoms with E-state index in [1.807, 2.05) is 6.92 Å². The van der Waals surface area contributed by atoms with E-state index in [-0.39, 0.29) is 12.1 Å². The Bertz CT molecular complexity index is 933. The number of hydrogen-bond acceptors (Lipinski definition) is 6. The molecular weight excluding hydrogens is 456 g/mol. The normalized spacial score (nSPS) is 11.5. The summed E-state index contributed by atoms with van der Waals surface area (Å²) in [7, 11) is 0. The summed E-state index contributed by atoms with van der Waals surface area (Å²) in [5.74, 6) is -0.485. The molecule has 1 unspecified atom stereocenters. The van der Waals surface area contributed by atoms with E-state index < -0.39 is 11.9 Å². The van der Waals surface area contributed by atoms with Crippen LogP contribution in [0.4, 0.5) is 0 Å². The molecule has 36 heavy (non-hydrogen) atoms. The van der Waals surface area contributed by atoms with Gasteiger partial charge in [-0.3, -0.25) is 4.79 Å². The van der Waals surface area contributed by atoms with Crippen LogP contribution in [0.25, 0.3) is 0 Å². The van der Waals surface area contributed by atoms with Crippen molar-refractivity contribution in [2.45, 2.75) is 97.5 Å². The monoisotopic (exact) mass is 496 g/mol. The number of esters is 3. The quantitative estimate of drug-likeness (QED) is 0.135. The highest BCUT2D eigenvalue weighted by atomic mass is 16.5. The van der Waals surface area contributed by atoms with Crippen LogP contribution in [0.5, 0.6) is 11.5 Å². The predicted octanol–water partition coefficient (Wildman–Crippen LogP) is 7.69. The lowest BCUT2D eigenvalue weighted by Crippen LogP contribution is -2.15. The molecule has 2 aromatic carbocycles. The Morgan fingerprint density at radius 1 is 0.639 bits per heavy atom. The van der Waals surface area contributed by atoms with Crippen LogP contribution in [-0.2, 0) is 9.53 Å². The van der Waals surface area contributed by atoms with Crippen molar-refractivity contribution in [3.8, 4) is 11.5 Å². The summed E-state index contributed by atoms with van der Waals surface area (Å²) in [5, 5.41) is 0. The van der Waals surface area contributed by atoms with Crippen molar-refractivity contribution in [3.05, 3.63) is 59.7 Å². The molecular formula is C30H40O6. The van der Waals surface area contributed by atoms with Crippen LogP contribution in [0.3, 0.4) is 0 Å². The van der Waals surface area contributed by atoms with Crippen molar-refractivity contribution in [1.82, 2.24) is 0 Å². The molecule has 0 saturated carbocycles. The molecule has 2 aromatic rings. The van der Waals surface area contributed by atoms with Gasteiger partial charge in [-0.15, -0.1) is 0 Å². The Morgan fingerprint density at radius 2 is 1.14 bits per heavy atom. The van der Waals surface area contributed by atoms with E-state index in [0.717, 1.165) is 38.5 Å². The molecule has 0 fully saturated rings. The smallest absolute Gasteiger partial charge is 0.343 e. The number of hydrogen-bond donors (Lipinski definition) is 0. The van der Waals surface area contributed by atoms with Crippen molar-refractivity contribution in [1.29, 1.82) is 0 Å². The van der Waals surface area contributed by atoms with Crippen LogP contribution in [0, 0.1) is 0 Å². The predicted molar refractivity (Wildman–Crippen MR) is 140 cm³/mol. The molecule has 0 spiro atoms. The van der Waals surface area contributed by atoms with Crippen LogP contribution in [0.2, 0.25) is 0 Å². The number of rotatable bonds is 16. The van der Waals surface area contributed by atoms with E-state index in [0.29, 0.717) is 29.0 Å². The second-order valence-corrected chi connectivity index (χ2v) is 9.14. The molecule has 0 aliphatic heterocycles. The minimum Gasteiger partial charge on any atom is -0.459 e. The maximum atomic E-state index is 12.5. The lowest BCUT2D eigenvalue weighted by atomic mass is 10.1. The maximum Gasteiger partial charge on any atom is 0.343 e. The highest BCUT2D eigenvalue weighted by Gasteiger charge is 2.14. The average Bonchev–Trinajstić information content (AvgIpc) is 2.87. The first kappa shape index (κ1) is 29.1. The van der Waals surface area contributed by atoms with Gasteiger partial charge >= 0.3 is 17.9 Å². The Balaban J connectivity index is 1.76. The molecule has 6 nitrogen and oxygen atoms in total. The van der Waals surface area contributed by atoms with Crippen LogP contribution >= 0.6 is 0 Å². The summed E-state index contributed by atoms with van der Waals surface area (Å²) in [6, 6.07) is 12.5. The van der Waals surface area contributed by atoms with Crippen molar-refractivity contribution < 1.29 is 28.6 Å². The van der Waals surface area contributed by atoms with Gasteiger partial charge in [0.15, 0.2) is 0 Å². The Kier molecular flexibility index (Phi) is 13.3. The molecule has 196 valence electrons. The summed E-state index contributed by atoms with van der Waals surface area (Å²) in [4.78, 5) is 36.7. The maximum absolute atomic E-state index is 12.5. The average molecular weight is 497 g/mol. The Morgan fingerprint density at radius 3 is 1.72 bits per heavy atom. The van der Waals surface area contributed by atoms with Crippen LogP contribution in [-0.4, -0.2) is 24.0 Å². The van der Waals surface area contributed by atoms with E-state index >= 15 is 0 Å². The van der Waals surface area contributed by atoms with Gasteiger partial charge in [-0.2, -0.15) is 0 Å². The summed E-state index contributed by atoms with van der Waals surface area (Å²) >= 11 is 0. The largest absolute Gasteiger partial charge is 0.459 e. The van der Waals surface area contributed by atoms with Gasteiger partial charge in [0.25, 0.3) is 0 Å². The molecule has 0 saturated heterocycles. The second kappa shape index (κ2) is 16.5. The molecule has 0 aromatic heterocycles. The molecule has 0 radical (unpaired) electrons. The van der Waals surface area contributed by atoms with Gasteiger partial charge in [0.05, 0.1) is 17.2 Å². The molecule has 0 aliphatic rings. The minimum absolute atomic E-state index is 0.141. The first-order valence-corrected chi connectivity index (χ1v) is 13.3. The molecule has 6 heteroatoms. The number of unbranched alkanes of at least 4 members (excludes halogenated alkanes) is 7. The van der Waals surface area contributed by atoms with Gasteiger partial charge in [0.2, 0.25) is 0 Å². The summed E-state index contributed by atoms with van der Waals surface area (Å²) in [6.07, 6.45) is 11.1. The van der Waals surface area contributed by atoms with Crippen molar-refractivity contribution in [3.63, 3.8) is 0 Å². The molecule has 0 amide bonds. The van der Waals surface area contributed by atoms with Crippen LogP contribution in [0.1, 0.15) is 112 Å². The number of benzene rings is 2. The van der Waals surface area contributed by atoms with Crippen LogP contribution < -0.4 is 9.47 Å². The van der Waals surface area contributed by atoms with Gasteiger partial charge < -0.3 is 14.2 Å². The zero-order valence-corrected chi connectivity index (χ0v) is 21.9. The number of carbonyl (C=O) groups is 3. The minimum atomic E-state index is -0.542. The van der Waals surface area contributed by atoms with Crippen LogP contribution in [0.15, 0.2) is 48.5 Å². The van der Waals surface area contributed by atoms with Gasteiger partial charge in [0, 0.05) is 6.42 Å². The fourth-order valence-corrected chi connectivity index (χ4v) is 3.69. The van der Waals surface area contributed by atoms with Crippen molar-refractivity contribution in [2.24, 2.45) is 0 Å². The summed E-state index contributed by atoms with van der Waals surface area (Å²) < 4.78 is 16.2. The zero-order chi connectivity index (χ0) is 26.2. The zero-order valence-electron chi connectivity index (χ0n) is 21.9. The molecule has 1 atom stereocenters. The van der Waals surface area contributed by atoms with E-state index in [4.69, 9.17) is 14.2 Å². The highest BCUT2D eigenvalue weighted by Crippen LogP contribution is 2.19. The Labute approximate surface area is 215 Å². The second-order valence-electron chi connectivity index (χ2n) is 9.14. The molecule has 0 aliphatic carbocycles. The lowest BCUT2D eigenvalue weighted by molar-refractivity contribution is -0.134. The number of carbonyl (C=O) groups excluding carboxylic acids is 3. The van der Waals surface area contributed by atoms with Gasteiger partial charge in [-0.1, -0.05) is 65.2 Å². The van der Waals surface area contributed by atoms with E-state index in [1.54, 1.807) is 48.5 Å². The first-order chi connectivity index (χ1) is 17.4. The van der Waals surface area contributed by atoms with Gasteiger partial charge in [-0.05, 0) is 68.3 Å². The standard InChI is InChI=1S/C30H40O6/c1-4-6-8-9-10-11-12-14-28(31)35-26-19-15-25(16-20-26)30(33)36-27-21-17-24(18-22-27)29(32)34-23(3)13-7-5-2/h15-23H,4-14H2,1-3H3. The third-order valence-corrected chi connectivity index (χ3v) is 5.88. The first-order valence-electron chi connectivity index (χ1n) is 13.3. The molecule has 0 heterocycles. The number of ether oxygens (including phenoxy) is 3. The topological polar surface area (TPSA) is 78.9 Å². The molecule has 0 bridgehead atoms. The van der Waals surface area contributed by atoms with Crippen molar-refractivity contribution in [2.75, 3.05) is 0 Å². The molecule has 2 rings (SSSR count). The summed E-state index contributed by atoms with van der Waals surface area (Å²) in [6.45, 7) is 6.17. The lowest BCUT2D eigenvalue weighted by Gasteiger charge is -2.13. The third kappa shape index (κ3) is 11.1. The van der Waals surface area contributed by atoms with Crippen molar-refractivity contribution >= 4 is 17.9 Å². The van der Waals surface area contributed by atoms with E-state index in [2.05, 4.69) is 13.8 Å². The summed E-state index contributed by atoms with van der Waals surface area (Å²) in [5.41, 5.74) is 0.732. The fourth-order valence-electron chi connectivity index (χ4n) is 3.69. The van der Waals surface area contributed by atoms with Gasteiger partial charge in [-0.25, -0.2) is 9.59 Å². The fraction of sp³-hybridized carbons (Fsp3) is 0.500. The SMILES string of the molecule is CCCCCCCCCC(=O)Oc1ccc(C(=O)Oc2ccc(C(=O)OC(C)CCCC)cc2)cc1. The highest BCUT2D eigenvalue weighted by molar-refractivity contribution is 5.92. The third-order valence-electron chi connectivity index (χ3n) is 5.88. The van der Waals surface area contributed by atoms with E-state index in [1.165, 1.54) is 25.7 Å². The van der Waals surface area contributed by atoms with E-state index in [9.17, 15) is 14.4 Å². The Hall–Kier alpha value is -3.15.